The second kappa shape index (κ2) is 9.73. The van der Waals surface area contributed by atoms with Crippen molar-refractivity contribution in [2.24, 2.45) is 0 Å². The predicted molar refractivity (Wildman–Crippen MR) is 136 cm³/mol. The number of carbonyl (C=O) groups is 2. The molecule has 6 heteroatoms. The van der Waals surface area contributed by atoms with Gasteiger partial charge < -0.3 is 15.2 Å². The Labute approximate surface area is 202 Å². The fourth-order valence-corrected chi connectivity index (χ4v) is 4.25. The fourth-order valence-electron chi connectivity index (χ4n) is 4.25. The minimum absolute atomic E-state index is 0.150. The quantitative estimate of drug-likeness (QED) is 0.327. The molecule has 4 aromatic carbocycles. The number of ether oxygens (including phenoxy) is 1. The van der Waals surface area contributed by atoms with Gasteiger partial charge in [0.15, 0.2) is 0 Å². The van der Waals surface area contributed by atoms with Crippen molar-refractivity contribution in [2.75, 3.05) is 0 Å². The summed E-state index contributed by atoms with van der Waals surface area (Å²) in [6.07, 6.45) is 0.150. The van der Waals surface area contributed by atoms with E-state index >= 15 is 0 Å². The van der Waals surface area contributed by atoms with E-state index in [0.717, 1.165) is 32.9 Å². The first-order chi connectivity index (χ1) is 17.1. The molecule has 35 heavy (non-hydrogen) atoms. The van der Waals surface area contributed by atoms with Crippen LogP contribution in [0, 0.1) is 0 Å². The van der Waals surface area contributed by atoms with Crippen LogP contribution >= 0.6 is 0 Å². The monoisotopic (exact) mass is 464 g/mol. The first kappa shape index (κ1) is 22.2. The van der Waals surface area contributed by atoms with Crippen LogP contribution in [0.5, 0.6) is 5.75 Å². The fraction of sp³-hybridized carbons (Fsp3) is 0.103. The average molecular weight is 465 g/mol. The van der Waals surface area contributed by atoms with E-state index in [4.69, 9.17) is 4.74 Å². The van der Waals surface area contributed by atoms with E-state index in [1.165, 1.54) is 0 Å². The normalized spacial score (nSPS) is 11.9. The number of rotatable bonds is 7. The van der Waals surface area contributed by atoms with E-state index in [9.17, 15) is 14.7 Å². The summed E-state index contributed by atoms with van der Waals surface area (Å²) >= 11 is 0. The summed E-state index contributed by atoms with van der Waals surface area (Å²) in [7, 11) is 0. The standard InChI is InChI=1S/C29H24N2O4/c32-28(33)25(18-20-14-16-22(17-15-20)35-19-21-8-2-1-3-9-21)30-29(34)31-26-12-6-4-10-23(26)24-11-5-7-13-27(24)31/h1-17,25H,18-19H2,(H,30,34)(H,32,33)/t25-/m1/s1. The number of carboxylic acid groups (broad SMARTS) is 1. The number of carboxylic acids is 1. The highest BCUT2D eigenvalue weighted by molar-refractivity contribution is 6.13. The van der Waals surface area contributed by atoms with Crippen molar-refractivity contribution in [3.8, 4) is 5.75 Å². The lowest BCUT2D eigenvalue weighted by atomic mass is 10.1. The summed E-state index contributed by atoms with van der Waals surface area (Å²) in [5.74, 6) is -0.401. The Kier molecular flexibility index (Phi) is 6.18. The Bertz CT molecular complexity index is 1440. The smallest absolute Gasteiger partial charge is 0.327 e. The van der Waals surface area contributed by atoms with Gasteiger partial charge in [-0.15, -0.1) is 0 Å². The molecule has 0 radical (unpaired) electrons. The van der Waals surface area contributed by atoms with Crippen molar-refractivity contribution in [1.82, 2.24) is 9.88 Å². The van der Waals surface area contributed by atoms with Gasteiger partial charge in [-0.05, 0) is 35.4 Å². The van der Waals surface area contributed by atoms with Crippen LogP contribution < -0.4 is 10.1 Å². The summed E-state index contributed by atoms with van der Waals surface area (Å²) < 4.78 is 7.35. The van der Waals surface area contributed by atoms with Crippen molar-refractivity contribution < 1.29 is 19.4 Å². The Balaban J connectivity index is 1.32. The van der Waals surface area contributed by atoms with Crippen LogP contribution in [0.4, 0.5) is 4.79 Å². The largest absolute Gasteiger partial charge is 0.489 e. The number of aliphatic carboxylic acids is 1. The van der Waals surface area contributed by atoms with Gasteiger partial charge in [-0.2, -0.15) is 0 Å². The zero-order chi connectivity index (χ0) is 24.2. The zero-order valence-electron chi connectivity index (χ0n) is 18.9. The van der Waals surface area contributed by atoms with Crippen LogP contribution in [0.1, 0.15) is 11.1 Å². The van der Waals surface area contributed by atoms with Gasteiger partial charge in [0.25, 0.3) is 0 Å². The van der Waals surface area contributed by atoms with Gasteiger partial charge in [0.2, 0.25) is 0 Å². The SMILES string of the molecule is O=C(O)[C@@H](Cc1ccc(OCc2ccccc2)cc1)NC(=O)n1c2ccccc2c2ccccc21. The Hall–Kier alpha value is -4.58. The molecular formula is C29H24N2O4. The molecule has 0 unspecified atom stereocenters. The molecule has 174 valence electrons. The molecule has 0 spiro atoms. The molecule has 0 aliphatic carbocycles. The Morgan fingerprint density at radius 3 is 1.91 bits per heavy atom. The summed E-state index contributed by atoms with van der Waals surface area (Å²) in [5.41, 5.74) is 3.31. The first-order valence-electron chi connectivity index (χ1n) is 11.4. The lowest BCUT2D eigenvalue weighted by molar-refractivity contribution is -0.139. The molecule has 0 aliphatic heterocycles. The summed E-state index contributed by atoms with van der Waals surface area (Å²) in [6.45, 7) is 0.451. The summed E-state index contributed by atoms with van der Waals surface area (Å²) in [5, 5.41) is 14.4. The van der Waals surface area contributed by atoms with Gasteiger partial charge in [-0.25, -0.2) is 9.59 Å². The lowest BCUT2D eigenvalue weighted by Crippen LogP contribution is -2.44. The second-order valence-electron chi connectivity index (χ2n) is 8.33. The maximum absolute atomic E-state index is 13.3. The van der Waals surface area contributed by atoms with Crippen molar-refractivity contribution in [2.45, 2.75) is 19.1 Å². The molecule has 1 amide bonds. The van der Waals surface area contributed by atoms with E-state index in [0.29, 0.717) is 12.4 Å². The first-order valence-corrected chi connectivity index (χ1v) is 11.4. The molecule has 0 saturated carbocycles. The predicted octanol–water partition coefficient (Wildman–Crippen LogP) is 5.63. The molecule has 0 saturated heterocycles. The van der Waals surface area contributed by atoms with E-state index < -0.39 is 18.0 Å². The highest BCUT2D eigenvalue weighted by Gasteiger charge is 2.23. The third-order valence-electron chi connectivity index (χ3n) is 5.99. The van der Waals surface area contributed by atoms with Crippen molar-refractivity contribution in [1.29, 1.82) is 0 Å². The van der Waals surface area contributed by atoms with E-state index in [-0.39, 0.29) is 6.42 Å². The van der Waals surface area contributed by atoms with Crippen molar-refractivity contribution >= 4 is 33.8 Å². The number of hydrogen-bond donors (Lipinski definition) is 2. The van der Waals surface area contributed by atoms with Gasteiger partial charge in [0.1, 0.15) is 18.4 Å². The maximum Gasteiger partial charge on any atom is 0.327 e. The summed E-state index contributed by atoms with van der Waals surface area (Å²) in [4.78, 5) is 25.3. The highest BCUT2D eigenvalue weighted by atomic mass is 16.5. The third-order valence-corrected chi connectivity index (χ3v) is 5.99. The van der Waals surface area contributed by atoms with Crippen LogP contribution in [0.25, 0.3) is 21.8 Å². The van der Waals surface area contributed by atoms with E-state index in [1.807, 2.05) is 103 Å². The molecule has 0 aliphatic rings. The van der Waals surface area contributed by atoms with Gasteiger partial charge in [-0.1, -0.05) is 78.9 Å². The van der Waals surface area contributed by atoms with Crippen molar-refractivity contribution in [3.05, 3.63) is 114 Å². The van der Waals surface area contributed by atoms with Gasteiger partial charge in [0, 0.05) is 17.2 Å². The molecule has 1 atom stereocenters. The van der Waals surface area contributed by atoms with Gasteiger partial charge in [0.05, 0.1) is 11.0 Å². The number of nitrogens with zero attached hydrogens (tertiary/aromatic N) is 1. The molecular weight excluding hydrogens is 440 g/mol. The number of fused-ring (bicyclic) bond motifs is 3. The number of carbonyl (C=O) groups excluding carboxylic acids is 1. The third kappa shape index (κ3) is 4.73. The number of benzene rings is 4. The van der Waals surface area contributed by atoms with Crippen LogP contribution in [0.15, 0.2) is 103 Å². The van der Waals surface area contributed by atoms with Crippen LogP contribution in [0.3, 0.4) is 0 Å². The highest BCUT2D eigenvalue weighted by Crippen LogP contribution is 2.28. The van der Waals surface area contributed by atoms with Crippen LogP contribution in [0.2, 0.25) is 0 Å². The van der Waals surface area contributed by atoms with Crippen molar-refractivity contribution in [3.63, 3.8) is 0 Å². The minimum Gasteiger partial charge on any atom is -0.489 e. The maximum atomic E-state index is 13.3. The molecule has 5 aromatic rings. The lowest BCUT2D eigenvalue weighted by Gasteiger charge is -2.16. The minimum atomic E-state index is -1.09. The van der Waals surface area contributed by atoms with E-state index in [1.54, 1.807) is 4.57 Å². The van der Waals surface area contributed by atoms with E-state index in [2.05, 4.69) is 5.32 Å². The zero-order valence-corrected chi connectivity index (χ0v) is 18.9. The molecule has 1 heterocycles. The number of aromatic nitrogens is 1. The molecule has 5 rings (SSSR count). The molecule has 2 N–H and O–H groups in total. The number of amides is 1. The molecule has 0 bridgehead atoms. The number of para-hydroxylation sites is 2. The Morgan fingerprint density at radius 2 is 1.31 bits per heavy atom. The van der Waals surface area contributed by atoms with Gasteiger partial charge in [-0.3, -0.25) is 4.57 Å². The van der Waals surface area contributed by atoms with Crippen LogP contribution in [-0.2, 0) is 17.8 Å². The Morgan fingerprint density at radius 1 is 0.743 bits per heavy atom. The average Bonchev–Trinajstić information content (AvgIpc) is 3.23. The molecule has 6 nitrogen and oxygen atoms in total. The molecule has 0 fully saturated rings. The molecule has 1 aromatic heterocycles. The summed E-state index contributed by atoms with van der Waals surface area (Å²) in [6, 6.07) is 30.8. The van der Waals surface area contributed by atoms with Gasteiger partial charge >= 0.3 is 12.0 Å². The number of nitrogens with one attached hydrogen (secondary N) is 1. The van der Waals surface area contributed by atoms with Crippen LogP contribution in [-0.4, -0.2) is 27.7 Å². The number of hydrogen-bond acceptors (Lipinski definition) is 3. The topological polar surface area (TPSA) is 80.6 Å². The second-order valence-corrected chi connectivity index (χ2v) is 8.33.